The smallest absolute Gasteiger partial charge is 0.0353 e. The lowest BCUT2D eigenvalue weighted by molar-refractivity contribution is 1.37. The predicted molar refractivity (Wildman–Crippen MR) is 145 cm³/mol. The highest BCUT2D eigenvalue weighted by atomic mass is 14.6. The zero-order chi connectivity index (χ0) is 22.5. The Bertz CT molecular complexity index is 1660. The third-order valence-electron chi connectivity index (χ3n) is 6.93. The van der Waals surface area contributed by atoms with E-state index in [1.54, 1.807) is 0 Å². The van der Waals surface area contributed by atoms with Crippen molar-refractivity contribution in [2.75, 3.05) is 0 Å². The molecule has 0 bridgehead atoms. The summed E-state index contributed by atoms with van der Waals surface area (Å²) in [5, 5.41) is 9.96. The molecule has 1 aromatic heterocycles. The van der Waals surface area contributed by atoms with Gasteiger partial charge in [-0.15, -0.1) is 0 Å². The summed E-state index contributed by atoms with van der Waals surface area (Å²) in [4.78, 5) is 4.62. The molecule has 0 aliphatic rings. The SMILES string of the molecule is c1ccc2c(-c3c4ccccc4c(-c4cncc5ccccc45)c4ccccc34)cccc2c1. The maximum Gasteiger partial charge on any atom is 0.0353 e. The number of rotatable bonds is 2. The van der Waals surface area contributed by atoms with Crippen molar-refractivity contribution < 1.29 is 0 Å². The van der Waals surface area contributed by atoms with E-state index < -0.39 is 0 Å². The average molecular weight is 432 g/mol. The van der Waals surface area contributed by atoms with Crippen molar-refractivity contribution in [1.82, 2.24) is 4.98 Å². The molecular formula is C33H21N. The Balaban J connectivity index is 1.70. The molecule has 0 saturated heterocycles. The van der Waals surface area contributed by atoms with Gasteiger partial charge in [-0.25, -0.2) is 0 Å². The third-order valence-corrected chi connectivity index (χ3v) is 6.93. The van der Waals surface area contributed by atoms with Crippen LogP contribution < -0.4 is 0 Å². The van der Waals surface area contributed by atoms with Crippen LogP contribution in [-0.4, -0.2) is 4.98 Å². The standard InChI is InChI=1S/C33H21N/c1-3-13-24-22(10-1)12-9-19-26(24)32-27-15-5-7-17-29(27)33(30-18-8-6-16-28(30)32)31-21-34-20-23-11-2-4-14-25(23)31/h1-21H. The molecule has 0 saturated carbocycles. The molecule has 1 heterocycles. The maximum atomic E-state index is 4.62. The molecule has 0 aliphatic heterocycles. The fourth-order valence-corrected chi connectivity index (χ4v) is 5.47. The minimum atomic E-state index is 1.16. The highest BCUT2D eigenvalue weighted by molar-refractivity contribution is 6.25. The Morgan fingerprint density at radius 2 is 0.765 bits per heavy atom. The van der Waals surface area contributed by atoms with E-state index in [2.05, 4.69) is 120 Å². The van der Waals surface area contributed by atoms with Gasteiger partial charge in [0, 0.05) is 23.3 Å². The van der Waals surface area contributed by atoms with Crippen LogP contribution in [0.2, 0.25) is 0 Å². The van der Waals surface area contributed by atoms with Crippen LogP contribution in [0.25, 0.3) is 65.3 Å². The molecule has 1 nitrogen and oxygen atoms in total. The number of benzene rings is 6. The maximum absolute atomic E-state index is 4.62. The van der Waals surface area contributed by atoms with Crippen LogP contribution in [0.15, 0.2) is 128 Å². The van der Waals surface area contributed by atoms with E-state index in [-0.39, 0.29) is 0 Å². The minimum Gasteiger partial charge on any atom is -0.263 e. The van der Waals surface area contributed by atoms with Crippen LogP contribution >= 0.6 is 0 Å². The highest BCUT2D eigenvalue weighted by Gasteiger charge is 2.18. The van der Waals surface area contributed by atoms with Crippen LogP contribution in [0.1, 0.15) is 0 Å². The lowest BCUT2D eigenvalue weighted by Crippen LogP contribution is -1.92. The summed E-state index contributed by atoms with van der Waals surface area (Å²) in [5.41, 5.74) is 4.99. The van der Waals surface area contributed by atoms with Crippen molar-refractivity contribution in [2.24, 2.45) is 0 Å². The van der Waals surface area contributed by atoms with Crippen molar-refractivity contribution in [3.05, 3.63) is 128 Å². The average Bonchev–Trinajstić information content (AvgIpc) is 2.91. The molecule has 7 aromatic rings. The molecule has 0 unspecified atom stereocenters. The monoisotopic (exact) mass is 431 g/mol. The second kappa shape index (κ2) is 7.54. The summed E-state index contributed by atoms with van der Waals surface area (Å²) in [6.45, 7) is 0. The number of nitrogens with zero attached hydrogens (tertiary/aromatic N) is 1. The molecule has 0 amide bonds. The topological polar surface area (TPSA) is 12.9 Å². The van der Waals surface area contributed by atoms with E-state index in [0.29, 0.717) is 0 Å². The van der Waals surface area contributed by atoms with E-state index in [0.717, 1.165) is 5.39 Å². The molecule has 0 radical (unpaired) electrons. The Morgan fingerprint density at radius 1 is 0.324 bits per heavy atom. The first kappa shape index (κ1) is 19.0. The van der Waals surface area contributed by atoms with Gasteiger partial charge in [-0.2, -0.15) is 0 Å². The number of aromatic nitrogens is 1. The fraction of sp³-hybridized carbons (Fsp3) is 0. The van der Waals surface area contributed by atoms with E-state index in [9.17, 15) is 0 Å². The molecule has 1 heteroatoms. The van der Waals surface area contributed by atoms with Gasteiger partial charge in [-0.05, 0) is 54.4 Å². The zero-order valence-corrected chi connectivity index (χ0v) is 18.6. The molecule has 7 rings (SSSR count). The second-order valence-electron chi connectivity index (χ2n) is 8.78. The predicted octanol–water partition coefficient (Wildman–Crippen LogP) is 9.03. The van der Waals surface area contributed by atoms with Crippen molar-refractivity contribution in [3.63, 3.8) is 0 Å². The van der Waals surface area contributed by atoms with E-state index in [1.165, 1.54) is 60.0 Å². The van der Waals surface area contributed by atoms with Gasteiger partial charge in [0.15, 0.2) is 0 Å². The van der Waals surface area contributed by atoms with Crippen LogP contribution in [0, 0.1) is 0 Å². The number of fused-ring (bicyclic) bond motifs is 4. The molecule has 34 heavy (non-hydrogen) atoms. The molecule has 0 N–H and O–H groups in total. The largest absolute Gasteiger partial charge is 0.263 e. The Labute approximate surface area is 197 Å². The van der Waals surface area contributed by atoms with Crippen molar-refractivity contribution in [2.45, 2.75) is 0 Å². The summed E-state index contributed by atoms with van der Waals surface area (Å²) >= 11 is 0. The summed E-state index contributed by atoms with van der Waals surface area (Å²) in [6, 6.07) is 41.5. The molecule has 0 spiro atoms. The van der Waals surface area contributed by atoms with E-state index in [1.807, 2.05) is 12.4 Å². The van der Waals surface area contributed by atoms with Gasteiger partial charge in [0.1, 0.15) is 0 Å². The first-order valence-corrected chi connectivity index (χ1v) is 11.6. The summed E-state index contributed by atoms with van der Waals surface area (Å²) in [5.74, 6) is 0. The first-order valence-electron chi connectivity index (χ1n) is 11.6. The number of hydrogen-bond acceptors (Lipinski definition) is 1. The van der Waals surface area contributed by atoms with Crippen molar-refractivity contribution in [1.29, 1.82) is 0 Å². The van der Waals surface area contributed by atoms with Gasteiger partial charge in [-0.3, -0.25) is 4.98 Å². The van der Waals surface area contributed by atoms with E-state index in [4.69, 9.17) is 0 Å². The van der Waals surface area contributed by atoms with Crippen molar-refractivity contribution in [3.8, 4) is 22.3 Å². The number of pyridine rings is 1. The van der Waals surface area contributed by atoms with Crippen LogP contribution in [-0.2, 0) is 0 Å². The van der Waals surface area contributed by atoms with Crippen LogP contribution in [0.4, 0.5) is 0 Å². The van der Waals surface area contributed by atoms with Crippen LogP contribution in [0.3, 0.4) is 0 Å². The molecule has 0 atom stereocenters. The second-order valence-corrected chi connectivity index (χ2v) is 8.78. The van der Waals surface area contributed by atoms with Gasteiger partial charge >= 0.3 is 0 Å². The molecule has 158 valence electrons. The van der Waals surface area contributed by atoms with Gasteiger partial charge in [-0.1, -0.05) is 115 Å². The minimum absolute atomic E-state index is 1.16. The molecule has 0 aliphatic carbocycles. The van der Waals surface area contributed by atoms with Crippen LogP contribution in [0.5, 0.6) is 0 Å². The Morgan fingerprint density at radius 3 is 1.38 bits per heavy atom. The highest BCUT2D eigenvalue weighted by Crippen LogP contribution is 2.46. The van der Waals surface area contributed by atoms with Gasteiger partial charge < -0.3 is 0 Å². The van der Waals surface area contributed by atoms with Gasteiger partial charge in [0.25, 0.3) is 0 Å². The fourth-order valence-electron chi connectivity index (χ4n) is 5.47. The van der Waals surface area contributed by atoms with Gasteiger partial charge in [0.2, 0.25) is 0 Å². The Hall–Kier alpha value is -4.49. The zero-order valence-electron chi connectivity index (χ0n) is 18.6. The normalized spacial score (nSPS) is 11.5. The summed E-state index contributed by atoms with van der Waals surface area (Å²) < 4.78 is 0. The molecule has 6 aromatic carbocycles. The molecular weight excluding hydrogens is 410 g/mol. The lowest BCUT2D eigenvalue weighted by atomic mass is 9.84. The third kappa shape index (κ3) is 2.77. The quantitative estimate of drug-likeness (QED) is 0.249. The van der Waals surface area contributed by atoms with E-state index >= 15 is 0 Å². The summed E-state index contributed by atoms with van der Waals surface area (Å²) in [6.07, 6.45) is 3.97. The van der Waals surface area contributed by atoms with Crippen molar-refractivity contribution >= 4 is 43.1 Å². The summed E-state index contributed by atoms with van der Waals surface area (Å²) in [7, 11) is 0. The Kier molecular flexibility index (Phi) is 4.22. The number of hydrogen-bond donors (Lipinski definition) is 0. The molecule has 0 fully saturated rings. The van der Waals surface area contributed by atoms with Gasteiger partial charge in [0.05, 0.1) is 0 Å². The lowest BCUT2D eigenvalue weighted by Gasteiger charge is -2.19. The first-order chi connectivity index (χ1) is 16.9.